The highest BCUT2D eigenvalue weighted by atomic mass is 16.8. The number of fused-ring (bicyclic) bond motifs is 1. The van der Waals surface area contributed by atoms with Crippen LogP contribution in [0.1, 0.15) is 11.1 Å². The van der Waals surface area contributed by atoms with Gasteiger partial charge in [0.05, 0.1) is 6.07 Å². The Labute approximate surface area is 138 Å². The SMILES string of the molecule is [O-][NH+](O)c1ccc(C=Cc2cccc3ccccc23)c([NH+]([O-])O)c1. The van der Waals surface area contributed by atoms with Crippen LogP contribution < -0.4 is 10.5 Å². The van der Waals surface area contributed by atoms with Gasteiger partial charge in [0.15, 0.2) is 11.4 Å². The van der Waals surface area contributed by atoms with Gasteiger partial charge in [-0.25, -0.2) is 10.4 Å². The molecule has 0 aliphatic carbocycles. The standard InChI is InChI=1S/C18H16N2O4/c21-19(22)16-11-10-15(18(12-16)20(23)24)9-8-14-6-3-5-13-4-1-2-7-17(13)14/h1-12,19-21,23H. The summed E-state index contributed by atoms with van der Waals surface area (Å²) in [6, 6.07) is 17.9. The Hall–Kier alpha value is -2.58. The molecule has 0 bridgehead atoms. The lowest BCUT2D eigenvalue weighted by molar-refractivity contribution is -0.996. The number of nitrogens with one attached hydrogen (secondary N) is 2. The van der Waals surface area contributed by atoms with Gasteiger partial charge >= 0.3 is 0 Å². The second-order valence-electron chi connectivity index (χ2n) is 5.31. The molecule has 0 aliphatic rings. The molecule has 6 nitrogen and oxygen atoms in total. The fourth-order valence-corrected chi connectivity index (χ4v) is 2.60. The van der Waals surface area contributed by atoms with Crippen LogP contribution in [0.15, 0.2) is 60.7 Å². The van der Waals surface area contributed by atoms with Crippen LogP contribution >= 0.6 is 0 Å². The monoisotopic (exact) mass is 324 g/mol. The smallest absolute Gasteiger partial charge is 0.177 e. The van der Waals surface area contributed by atoms with Crippen LogP contribution in [0.2, 0.25) is 0 Å². The first-order valence-electron chi connectivity index (χ1n) is 7.33. The maximum atomic E-state index is 11.4. The number of hydrogen-bond acceptors (Lipinski definition) is 4. The van der Waals surface area contributed by atoms with E-state index in [2.05, 4.69) is 0 Å². The minimum absolute atomic E-state index is 0.0358. The summed E-state index contributed by atoms with van der Waals surface area (Å²) in [6.45, 7) is 0. The molecule has 24 heavy (non-hydrogen) atoms. The van der Waals surface area contributed by atoms with Crippen molar-refractivity contribution >= 4 is 34.3 Å². The summed E-state index contributed by atoms with van der Waals surface area (Å²) in [5, 5.41) is 40.6. The Bertz CT molecular complexity index is 886. The molecule has 4 N–H and O–H groups in total. The summed E-state index contributed by atoms with van der Waals surface area (Å²) in [5.41, 5.74) is 1.34. The van der Waals surface area contributed by atoms with E-state index in [9.17, 15) is 15.6 Å². The van der Waals surface area contributed by atoms with Crippen LogP contribution in [0.4, 0.5) is 11.4 Å². The third-order valence-corrected chi connectivity index (χ3v) is 3.80. The zero-order valence-corrected chi connectivity index (χ0v) is 12.6. The Morgan fingerprint density at radius 1 is 0.750 bits per heavy atom. The largest absolute Gasteiger partial charge is 0.595 e. The molecule has 0 saturated heterocycles. The fourth-order valence-electron chi connectivity index (χ4n) is 2.60. The first-order valence-corrected chi connectivity index (χ1v) is 7.33. The molecule has 0 radical (unpaired) electrons. The molecular formula is C18H16N2O4. The Kier molecular flexibility index (Phi) is 4.68. The topological polar surface area (TPSA) is 95.5 Å². The minimum Gasteiger partial charge on any atom is -0.595 e. The molecule has 2 atom stereocenters. The van der Waals surface area contributed by atoms with E-state index in [1.807, 2.05) is 48.5 Å². The van der Waals surface area contributed by atoms with Crippen LogP contribution in [0.5, 0.6) is 0 Å². The van der Waals surface area contributed by atoms with Gasteiger partial charge in [0, 0.05) is 11.6 Å². The van der Waals surface area contributed by atoms with Gasteiger partial charge in [-0.2, -0.15) is 10.5 Å². The molecule has 2 unspecified atom stereocenters. The first kappa shape index (κ1) is 16.3. The molecule has 3 rings (SSSR count). The van der Waals surface area contributed by atoms with E-state index in [1.165, 1.54) is 18.2 Å². The molecule has 0 spiro atoms. The molecule has 0 aliphatic heterocycles. The third-order valence-electron chi connectivity index (χ3n) is 3.80. The van der Waals surface area contributed by atoms with Crippen molar-refractivity contribution in [1.29, 1.82) is 0 Å². The van der Waals surface area contributed by atoms with Gasteiger partial charge in [0.25, 0.3) is 0 Å². The van der Waals surface area contributed by atoms with Crippen LogP contribution in [0, 0.1) is 10.4 Å². The van der Waals surface area contributed by atoms with Crippen LogP contribution in [-0.2, 0) is 0 Å². The molecule has 3 aromatic carbocycles. The molecule has 0 saturated carbocycles. The number of rotatable bonds is 4. The predicted octanol–water partition coefficient (Wildman–Crippen LogP) is 1.82. The van der Waals surface area contributed by atoms with E-state index >= 15 is 0 Å². The minimum atomic E-state index is -1.16. The van der Waals surface area contributed by atoms with Crippen LogP contribution in [0.3, 0.4) is 0 Å². The zero-order valence-electron chi connectivity index (χ0n) is 12.6. The van der Waals surface area contributed by atoms with Crippen molar-refractivity contribution in [3.63, 3.8) is 0 Å². The maximum absolute atomic E-state index is 11.4. The lowest BCUT2D eigenvalue weighted by atomic mass is 10.0. The summed E-state index contributed by atoms with van der Waals surface area (Å²) >= 11 is 0. The molecule has 122 valence electrons. The molecule has 0 amide bonds. The normalized spacial score (nSPS) is 14.2. The van der Waals surface area contributed by atoms with E-state index in [1.54, 1.807) is 6.08 Å². The van der Waals surface area contributed by atoms with Crippen molar-refractivity contribution in [3.8, 4) is 0 Å². The van der Waals surface area contributed by atoms with Crippen molar-refractivity contribution in [2.24, 2.45) is 0 Å². The van der Waals surface area contributed by atoms with E-state index in [4.69, 9.17) is 5.21 Å². The van der Waals surface area contributed by atoms with Crippen molar-refractivity contribution in [1.82, 2.24) is 0 Å². The summed E-state index contributed by atoms with van der Waals surface area (Å²) < 4.78 is 0. The quantitative estimate of drug-likeness (QED) is 0.435. The van der Waals surface area contributed by atoms with Gasteiger partial charge in [-0.15, -0.1) is 0 Å². The maximum Gasteiger partial charge on any atom is 0.177 e. The highest BCUT2D eigenvalue weighted by Gasteiger charge is 2.11. The summed E-state index contributed by atoms with van der Waals surface area (Å²) in [5.74, 6) is 0. The van der Waals surface area contributed by atoms with Crippen molar-refractivity contribution in [2.75, 3.05) is 0 Å². The predicted molar refractivity (Wildman–Crippen MR) is 90.9 cm³/mol. The third kappa shape index (κ3) is 3.34. The average molecular weight is 324 g/mol. The van der Waals surface area contributed by atoms with Gasteiger partial charge in [0.2, 0.25) is 0 Å². The lowest BCUT2D eigenvalue weighted by Crippen LogP contribution is -3.01. The van der Waals surface area contributed by atoms with Gasteiger partial charge in [0.1, 0.15) is 0 Å². The lowest BCUT2D eigenvalue weighted by Gasteiger charge is -2.17. The highest BCUT2D eigenvalue weighted by molar-refractivity contribution is 5.93. The molecule has 0 heterocycles. The zero-order chi connectivity index (χ0) is 17.1. The molecular weight excluding hydrogens is 308 g/mol. The molecule has 3 aromatic rings. The Morgan fingerprint density at radius 3 is 2.21 bits per heavy atom. The van der Waals surface area contributed by atoms with Crippen molar-refractivity contribution in [2.45, 2.75) is 0 Å². The number of benzene rings is 3. The second kappa shape index (κ2) is 6.90. The Morgan fingerprint density at radius 2 is 1.46 bits per heavy atom. The van der Waals surface area contributed by atoms with E-state index in [-0.39, 0.29) is 11.4 Å². The van der Waals surface area contributed by atoms with Gasteiger partial charge in [-0.05, 0) is 28.5 Å². The van der Waals surface area contributed by atoms with Crippen LogP contribution in [0.25, 0.3) is 22.9 Å². The van der Waals surface area contributed by atoms with Gasteiger partial charge in [-0.1, -0.05) is 48.5 Å². The summed E-state index contributed by atoms with van der Waals surface area (Å²) in [6.07, 6.45) is 3.53. The Balaban J connectivity index is 2.02. The molecule has 0 aromatic heterocycles. The second-order valence-corrected chi connectivity index (χ2v) is 5.31. The van der Waals surface area contributed by atoms with Crippen LogP contribution in [-0.4, -0.2) is 10.4 Å². The van der Waals surface area contributed by atoms with Gasteiger partial charge in [-0.3, -0.25) is 0 Å². The fraction of sp³-hybridized carbons (Fsp3) is 0. The first-order chi connectivity index (χ1) is 11.6. The number of hydrogen-bond donors (Lipinski definition) is 4. The average Bonchev–Trinajstić information content (AvgIpc) is 2.59. The highest BCUT2D eigenvalue weighted by Crippen LogP contribution is 2.22. The number of quaternary nitrogens is 2. The van der Waals surface area contributed by atoms with E-state index in [0.29, 0.717) is 5.56 Å². The summed E-state index contributed by atoms with van der Waals surface area (Å²) in [4.78, 5) is 0. The molecule has 6 heteroatoms. The summed E-state index contributed by atoms with van der Waals surface area (Å²) in [7, 11) is 0. The van der Waals surface area contributed by atoms with Gasteiger partial charge < -0.3 is 10.4 Å². The van der Waals surface area contributed by atoms with E-state index < -0.39 is 10.5 Å². The van der Waals surface area contributed by atoms with E-state index in [0.717, 1.165) is 16.3 Å². The molecule has 0 fully saturated rings. The van der Waals surface area contributed by atoms with Crippen molar-refractivity contribution in [3.05, 3.63) is 82.2 Å². The van der Waals surface area contributed by atoms with Crippen molar-refractivity contribution < 1.29 is 20.9 Å².